The Morgan fingerprint density at radius 2 is 2.16 bits per heavy atom. The molecule has 7 heteroatoms. The maximum absolute atomic E-state index is 11.4. The van der Waals surface area contributed by atoms with Gasteiger partial charge in [-0.15, -0.1) is 0 Å². The van der Waals surface area contributed by atoms with Gasteiger partial charge >= 0.3 is 5.97 Å². The minimum atomic E-state index is -0.544. The van der Waals surface area contributed by atoms with Crippen molar-refractivity contribution in [2.24, 2.45) is 0 Å². The van der Waals surface area contributed by atoms with Gasteiger partial charge < -0.3 is 14.8 Å². The normalized spacial score (nSPS) is 11.7. The molecular weight excluding hydrogens is 252 g/mol. The van der Waals surface area contributed by atoms with Crippen molar-refractivity contribution >= 4 is 17.3 Å². The Hall–Kier alpha value is -2.15. The Kier molecular flexibility index (Phi) is 5.25. The molecule has 1 atom stereocenters. The average molecular weight is 268 g/mol. The van der Waals surface area contributed by atoms with E-state index >= 15 is 0 Å². The molecule has 19 heavy (non-hydrogen) atoms. The van der Waals surface area contributed by atoms with E-state index in [0.29, 0.717) is 6.54 Å². The first-order valence-corrected chi connectivity index (χ1v) is 5.63. The molecule has 0 saturated carbocycles. The Morgan fingerprint density at radius 1 is 1.47 bits per heavy atom. The lowest BCUT2D eigenvalue weighted by Crippen LogP contribution is -2.19. The van der Waals surface area contributed by atoms with Gasteiger partial charge in [0.2, 0.25) is 0 Å². The highest BCUT2D eigenvalue weighted by molar-refractivity contribution is 5.91. The molecule has 0 amide bonds. The van der Waals surface area contributed by atoms with E-state index in [-0.39, 0.29) is 23.0 Å². The van der Waals surface area contributed by atoms with E-state index in [0.717, 1.165) is 0 Å². The summed E-state index contributed by atoms with van der Waals surface area (Å²) < 4.78 is 9.62. The third-order valence-electron chi connectivity index (χ3n) is 2.60. The number of hydrogen-bond acceptors (Lipinski definition) is 6. The number of hydrogen-bond donors (Lipinski definition) is 1. The second-order valence-electron chi connectivity index (χ2n) is 3.91. The Balaban J connectivity index is 3.01. The van der Waals surface area contributed by atoms with Crippen LogP contribution in [0, 0.1) is 10.1 Å². The number of methoxy groups -OCH3 is 2. The van der Waals surface area contributed by atoms with Gasteiger partial charge in [0.15, 0.2) is 0 Å². The van der Waals surface area contributed by atoms with Crippen LogP contribution in [0.25, 0.3) is 0 Å². The third kappa shape index (κ3) is 3.92. The summed E-state index contributed by atoms with van der Waals surface area (Å²) in [4.78, 5) is 21.8. The molecule has 0 saturated heterocycles. The van der Waals surface area contributed by atoms with E-state index in [1.165, 1.54) is 25.3 Å². The van der Waals surface area contributed by atoms with Crippen LogP contribution in [0.2, 0.25) is 0 Å². The highest BCUT2D eigenvalue weighted by Crippen LogP contribution is 2.25. The second-order valence-corrected chi connectivity index (χ2v) is 3.91. The van der Waals surface area contributed by atoms with E-state index in [1.54, 1.807) is 7.11 Å². The summed E-state index contributed by atoms with van der Waals surface area (Å²) in [6.07, 6.45) is -0.110. The van der Waals surface area contributed by atoms with Crippen LogP contribution in [0.4, 0.5) is 11.4 Å². The monoisotopic (exact) mass is 268 g/mol. The van der Waals surface area contributed by atoms with E-state index in [4.69, 9.17) is 4.74 Å². The molecule has 0 unspecified atom stereocenters. The molecule has 1 N–H and O–H groups in total. The number of nitro groups is 1. The van der Waals surface area contributed by atoms with Gasteiger partial charge in [0.1, 0.15) is 5.69 Å². The van der Waals surface area contributed by atoms with Gasteiger partial charge in [-0.1, -0.05) is 0 Å². The summed E-state index contributed by atoms with van der Waals surface area (Å²) in [5, 5.41) is 13.8. The van der Waals surface area contributed by atoms with Gasteiger partial charge in [-0.05, 0) is 19.1 Å². The van der Waals surface area contributed by atoms with Crippen LogP contribution in [-0.4, -0.2) is 37.8 Å². The molecule has 104 valence electrons. The Morgan fingerprint density at radius 3 is 2.68 bits per heavy atom. The second kappa shape index (κ2) is 6.69. The molecule has 0 bridgehead atoms. The summed E-state index contributed by atoms with van der Waals surface area (Å²) in [6, 6.07) is 4.02. The zero-order valence-electron chi connectivity index (χ0n) is 11.0. The van der Waals surface area contributed by atoms with E-state index in [1.807, 2.05) is 6.92 Å². The number of esters is 1. The summed E-state index contributed by atoms with van der Waals surface area (Å²) in [6.45, 7) is 2.21. The first-order valence-electron chi connectivity index (χ1n) is 5.63. The number of nitrogens with one attached hydrogen (secondary N) is 1. The van der Waals surface area contributed by atoms with E-state index in [2.05, 4.69) is 10.1 Å². The maximum atomic E-state index is 11.4. The molecule has 0 radical (unpaired) electrons. The van der Waals surface area contributed by atoms with Crippen LogP contribution >= 0.6 is 0 Å². The number of anilines is 1. The first kappa shape index (κ1) is 14.9. The summed E-state index contributed by atoms with van der Waals surface area (Å²) in [5.74, 6) is -0.544. The lowest BCUT2D eigenvalue weighted by molar-refractivity contribution is -0.384. The first-order chi connectivity index (χ1) is 8.99. The van der Waals surface area contributed by atoms with Crippen molar-refractivity contribution in [2.75, 3.05) is 26.1 Å². The van der Waals surface area contributed by atoms with Crippen molar-refractivity contribution in [1.29, 1.82) is 0 Å². The lowest BCUT2D eigenvalue weighted by Gasteiger charge is -2.12. The minimum Gasteiger partial charge on any atom is -0.465 e. The molecule has 0 heterocycles. The van der Waals surface area contributed by atoms with Crippen molar-refractivity contribution in [1.82, 2.24) is 0 Å². The number of carbonyl (C=O) groups is 1. The number of nitro benzene ring substituents is 1. The van der Waals surface area contributed by atoms with Crippen molar-refractivity contribution in [3.05, 3.63) is 33.9 Å². The molecule has 1 aromatic rings. The maximum Gasteiger partial charge on any atom is 0.337 e. The quantitative estimate of drug-likeness (QED) is 0.481. The molecule has 1 rings (SSSR count). The zero-order chi connectivity index (χ0) is 14.4. The van der Waals surface area contributed by atoms with Gasteiger partial charge in [0.25, 0.3) is 5.69 Å². The fraction of sp³-hybridized carbons (Fsp3) is 0.417. The molecule has 0 aromatic heterocycles. The molecule has 0 fully saturated rings. The Labute approximate surface area is 110 Å². The summed E-state index contributed by atoms with van der Waals surface area (Å²) >= 11 is 0. The lowest BCUT2D eigenvalue weighted by atomic mass is 10.1. The van der Waals surface area contributed by atoms with Crippen LogP contribution in [0.5, 0.6) is 0 Å². The topological polar surface area (TPSA) is 90.7 Å². The molecule has 0 aliphatic rings. The van der Waals surface area contributed by atoms with Crippen LogP contribution in [0.3, 0.4) is 0 Å². The molecule has 0 spiro atoms. The van der Waals surface area contributed by atoms with Crippen LogP contribution < -0.4 is 5.32 Å². The molecule has 0 aliphatic heterocycles. The number of ether oxygens (including phenoxy) is 2. The summed E-state index contributed by atoms with van der Waals surface area (Å²) in [5.41, 5.74) is 0.411. The van der Waals surface area contributed by atoms with Crippen LogP contribution in [0.1, 0.15) is 17.3 Å². The van der Waals surface area contributed by atoms with Crippen molar-refractivity contribution < 1.29 is 19.2 Å². The van der Waals surface area contributed by atoms with E-state index in [9.17, 15) is 14.9 Å². The van der Waals surface area contributed by atoms with E-state index < -0.39 is 10.9 Å². The van der Waals surface area contributed by atoms with Gasteiger partial charge in [0.05, 0.1) is 23.7 Å². The third-order valence-corrected chi connectivity index (χ3v) is 2.60. The summed E-state index contributed by atoms with van der Waals surface area (Å²) in [7, 11) is 2.80. The smallest absolute Gasteiger partial charge is 0.337 e. The Bertz CT molecular complexity index is 475. The molecule has 7 nitrogen and oxygen atoms in total. The zero-order valence-corrected chi connectivity index (χ0v) is 11.0. The number of rotatable bonds is 6. The largest absolute Gasteiger partial charge is 0.465 e. The van der Waals surface area contributed by atoms with Gasteiger partial charge in [-0.3, -0.25) is 10.1 Å². The van der Waals surface area contributed by atoms with Crippen molar-refractivity contribution in [3.8, 4) is 0 Å². The number of nitrogens with zero attached hydrogens (tertiary/aromatic N) is 1. The fourth-order valence-electron chi connectivity index (χ4n) is 1.42. The SMILES string of the molecule is COC(=O)c1ccc([N+](=O)[O-])c(NC[C@@H](C)OC)c1. The minimum absolute atomic E-state index is 0.101. The van der Waals surface area contributed by atoms with Crippen LogP contribution in [0.15, 0.2) is 18.2 Å². The van der Waals surface area contributed by atoms with Crippen molar-refractivity contribution in [2.45, 2.75) is 13.0 Å². The van der Waals surface area contributed by atoms with Gasteiger partial charge in [-0.25, -0.2) is 4.79 Å². The fourth-order valence-corrected chi connectivity index (χ4v) is 1.42. The predicted octanol–water partition coefficient (Wildman–Crippen LogP) is 1.83. The highest BCUT2D eigenvalue weighted by Gasteiger charge is 2.17. The highest BCUT2D eigenvalue weighted by atomic mass is 16.6. The molecule has 1 aromatic carbocycles. The standard InChI is InChI=1S/C12H16N2O5/c1-8(18-2)7-13-10-6-9(12(15)19-3)4-5-11(10)14(16)17/h4-6,8,13H,7H2,1-3H3/t8-/m1/s1. The van der Waals surface area contributed by atoms with Gasteiger partial charge in [0, 0.05) is 19.7 Å². The predicted molar refractivity (Wildman–Crippen MR) is 69.4 cm³/mol. The van der Waals surface area contributed by atoms with Crippen molar-refractivity contribution in [3.63, 3.8) is 0 Å². The average Bonchev–Trinajstić information content (AvgIpc) is 2.43. The number of carbonyl (C=O) groups excluding carboxylic acids is 1. The molecular formula is C12H16N2O5. The molecule has 0 aliphatic carbocycles. The van der Waals surface area contributed by atoms with Gasteiger partial charge in [-0.2, -0.15) is 0 Å². The number of benzene rings is 1. The van der Waals surface area contributed by atoms with Crippen LogP contribution in [-0.2, 0) is 9.47 Å².